The molecule has 3 N–H and O–H groups in total. The van der Waals surface area contributed by atoms with Crippen LogP contribution in [0.25, 0.3) is 6.08 Å². The van der Waals surface area contributed by atoms with Gasteiger partial charge in [0.15, 0.2) is 0 Å². The first-order valence-electron chi connectivity index (χ1n) is 5.22. The second-order valence-electron chi connectivity index (χ2n) is 3.67. The Hall–Kier alpha value is -2.56. The molecule has 1 amide bonds. The van der Waals surface area contributed by atoms with Crippen LogP contribution in [0.15, 0.2) is 47.3 Å². The molecule has 0 fully saturated rings. The predicted molar refractivity (Wildman–Crippen MR) is 64.2 cm³/mol. The minimum absolute atomic E-state index is 0.191. The van der Waals surface area contributed by atoms with E-state index in [2.05, 4.69) is 20.5 Å². The molecule has 0 radical (unpaired) electrons. The van der Waals surface area contributed by atoms with Crippen molar-refractivity contribution in [3.8, 4) is 0 Å². The third-order valence-corrected chi connectivity index (χ3v) is 2.54. The number of aromatic amines is 2. The number of hydrogen-bond acceptors (Lipinski definition) is 2. The average molecular weight is 226 g/mol. The number of rotatable bonds is 2. The van der Waals surface area contributed by atoms with E-state index in [1.54, 1.807) is 12.3 Å². The predicted octanol–water partition coefficient (Wildman–Crippen LogP) is 1.26. The van der Waals surface area contributed by atoms with Gasteiger partial charge >= 0.3 is 0 Å². The van der Waals surface area contributed by atoms with Crippen molar-refractivity contribution in [3.05, 3.63) is 53.6 Å². The summed E-state index contributed by atoms with van der Waals surface area (Å²) in [7, 11) is 0. The molecule has 0 saturated carbocycles. The lowest BCUT2D eigenvalue weighted by molar-refractivity contribution is -0.116. The summed E-state index contributed by atoms with van der Waals surface area (Å²) in [5.74, 6) is -0.191. The maximum atomic E-state index is 11.7. The van der Waals surface area contributed by atoms with Gasteiger partial charge in [-0.25, -0.2) is 5.43 Å². The first-order chi connectivity index (χ1) is 8.34. The van der Waals surface area contributed by atoms with Gasteiger partial charge in [0, 0.05) is 18.1 Å². The van der Waals surface area contributed by atoms with E-state index in [1.165, 1.54) is 0 Å². The van der Waals surface area contributed by atoms with Gasteiger partial charge in [-0.05, 0) is 30.3 Å². The highest BCUT2D eigenvalue weighted by Crippen LogP contribution is 2.15. The number of amides is 1. The summed E-state index contributed by atoms with van der Waals surface area (Å²) in [4.78, 5) is 17.7. The number of carbonyl (C=O) groups is 1. The summed E-state index contributed by atoms with van der Waals surface area (Å²) >= 11 is 0. The third-order valence-electron chi connectivity index (χ3n) is 2.54. The van der Waals surface area contributed by atoms with Gasteiger partial charge in [-0.15, -0.1) is 0 Å². The topological polar surface area (TPSA) is 73.0 Å². The van der Waals surface area contributed by atoms with Crippen molar-refractivity contribution >= 4 is 17.7 Å². The molecule has 0 spiro atoms. The van der Waals surface area contributed by atoms with Crippen molar-refractivity contribution in [1.29, 1.82) is 0 Å². The molecule has 1 aliphatic heterocycles. The number of nitrogens with zero attached hydrogens (tertiary/aromatic N) is 1. The van der Waals surface area contributed by atoms with Gasteiger partial charge in [-0.1, -0.05) is 0 Å². The van der Waals surface area contributed by atoms with Crippen LogP contribution in [0.1, 0.15) is 11.4 Å². The lowest BCUT2D eigenvalue weighted by Gasteiger charge is -1.97. The average Bonchev–Trinajstić information content (AvgIpc) is 3.03. The van der Waals surface area contributed by atoms with Crippen LogP contribution in [0.2, 0.25) is 0 Å². The van der Waals surface area contributed by atoms with Crippen molar-refractivity contribution < 1.29 is 4.79 Å². The molecule has 84 valence electrons. The van der Waals surface area contributed by atoms with Crippen molar-refractivity contribution in [2.75, 3.05) is 0 Å². The van der Waals surface area contributed by atoms with Gasteiger partial charge in [-0.3, -0.25) is 4.79 Å². The normalized spacial score (nSPS) is 17.3. The molecule has 0 aromatic carbocycles. The first kappa shape index (κ1) is 9.65. The Bertz CT molecular complexity index is 591. The van der Waals surface area contributed by atoms with Crippen LogP contribution >= 0.6 is 0 Å². The van der Waals surface area contributed by atoms with Gasteiger partial charge in [0.25, 0.3) is 5.91 Å². The third kappa shape index (κ3) is 1.67. The molecule has 3 rings (SSSR count). The summed E-state index contributed by atoms with van der Waals surface area (Å²) < 4.78 is 0. The zero-order valence-electron chi connectivity index (χ0n) is 8.90. The van der Waals surface area contributed by atoms with Crippen molar-refractivity contribution in [3.63, 3.8) is 0 Å². The molecular weight excluding hydrogens is 216 g/mol. The van der Waals surface area contributed by atoms with E-state index in [0.717, 1.165) is 11.4 Å². The van der Waals surface area contributed by atoms with Crippen LogP contribution in [0, 0.1) is 0 Å². The van der Waals surface area contributed by atoms with E-state index in [0.29, 0.717) is 11.3 Å². The maximum Gasteiger partial charge on any atom is 0.273 e. The number of carbonyl (C=O) groups excluding carboxylic acids is 1. The summed E-state index contributed by atoms with van der Waals surface area (Å²) in [5.41, 5.74) is 5.34. The van der Waals surface area contributed by atoms with Crippen LogP contribution < -0.4 is 5.43 Å². The standard InChI is InChI=1S/C12H10N4O/c17-12-9(7-8-3-1-5-13-8)11(15-16-12)10-4-2-6-14-10/h1-7,13-14H,(H,16,17). The molecule has 2 aromatic rings. The van der Waals surface area contributed by atoms with Gasteiger partial charge in [0.05, 0.1) is 11.3 Å². The highest BCUT2D eigenvalue weighted by Gasteiger charge is 2.24. The smallest absolute Gasteiger partial charge is 0.273 e. The molecule has 5 heteroatoms. The van der Waals surface area contributed by atoms with E-state index >= 15 is 0 Å². The summed E-state index contributed by atoms with van der Waals surface area (Å²) in [5, 5.41) is 4.02. The van der Waals surface area contributed by atoms with E-state index in [4.69, 9.17) is 0 Å². The number of nitrogens with one attached hydrogen (secondary N) is 3. The molecule has 0 unspecified atom stereocenters. The fourth-order valence-corrected chi connectivity index (χ4v) is 1.74. The maximum absolute atomic E-state index is 11.7. The molecule has 17 heavy (non-hydrogen) atoms. The zero-order valence-corrected chi connectivity index (χ0v) is 8.90. The molecule has 0 saturated heterocycles. The Morgan fingerprint density at radius 1 is 1.12 bits per heavy atom. The highest BCUT2D eigenvalue weighted by atomic mass is 16.2. The van der Waals surface area contributed by atoms with Crippen LogP contribution in [0.3, 0.4) is 0 Å². The minimum Gasteiger partial charge on any atom is -0.362 e. The van der Waals surface area contributed by atoms with Gasteiger partial charge in [-0.2, -0.15) is 5.10 Å². The lowest BCUT2D eigenvalue weighted by atomic mass is 10.1. The van der Waals surface area contributed by atoms with Crippen LogP contribution in [-0.2, 0) is 4.79 Å². The number of hydrogen-bond donors (Lipinski definition) is 3. The van der Waals surface area contributed by atoms with E-state index in [9.17, 15) is 4.79 Å². The van der Waals surface area contributed by atoms with Gasteiger partial charge in [0.1, 0.15) is 5.71 Å². The minimum atomic E-state index is -0.191. The van der Waals surface area contributed by atoms with Crippen LogP contribution in [0.5, 0.6) is 0 Å². The quantitative estimate of drug-likeness (QED) is 0.663. The Labute approximate surface area is 97.2 Å². The molecule has 1 aliphatic rings. The Morgan fingerprint density at radius 3 is 2.65 bits per heavy atom. The van der Waals surface area contributed by atoms with Crippen molar-refractivity contribution in [1.82, 2.24) is 15.4 Å². The summed E-state index contributed by atoms with van der Waals surface area (Å²) in [6, 6.07) is 7.52. The Balaban J connectivity index is 2.03. The largest absolute Gasteiger partial charge is 0.362 e. The molecule has 3 heterocycles. The van der Waals surface area contributed by atoms with E-state index in [-0.39, 0.29) is 5.91 Å². The van der Waals surface area contributed by atoms with Gasteiger partial charge < -0.3 is 9.97 Å². The summed E-state index contributed by atoms with van der Waals surface area (Å²) in [6.07, 6.45) is 5.39. The molecule has 0 bridgehead atoms. The van der Waals surface area contributed by atoms with Crippen LogP contribution in [0.4, 0.5) is 0 Å². The zero-order chi connectivity index (χ0) is 11.7. The van der Waals surface area contributed by atoms with Gasteiger partial charge in [0.2, 0.25) is 0 Å². The van der Waals surface area contributed by atoms with Crippen molar-refractivity contribution in [2.24, 2.45) is 5.10 Å². The van der Waals surface area contributed by atoms with Crippen molar-refractivity contribution in [2.45, 2.75) is 0 Å². The Morgan fingerprint density at radius 2 is 1.94 bits per heavy atom. The van der Waals surface area contributed by atoms with E-state index in [1.807, 2.05) is 30.5 Å². The molecule has 0 aliphatic carbocycles. The SMILES string of the molecule is O=C1NN=C(c2ccc[nH]2)C1=Cc1ccc[nH]1. The fraction of sp³-hybridized carbons (Fsp3) is 0. The second kappa shape index (κ2) is 3.79. The number of hydrazone groups is 1. The fourth-order valence-electron chi connectivity index (χ4n) is 1.74. The molecule has 5 nitrogen and oxygen atoms in total. The molecule has 0 atom stereocenters. The Kier molecular flexibility index (Phi) is 2.15. The molecule has 2 aromatic heterocycles. The number of aromatic nitrogens is 2. The first-order valence-corrected chi connectivity index (χ1v) is 5.22. The molecular formula is C12H10N4O. The summed E-state index contributed by atoms with van der Waals surface area (Å²) in [6.45, 7) is 0. The van der Waals surface area contributed by atoms with Crippen LogP contribution in [-0.4, -0.2) is 21.6 Å². The highest BCUT2D eigenvalue weighted by molar-refractivity contribution is 6.32. The second-order valence-corrected chi connectivity index (χ2v) is 3.67. The monoisotopic (exact) mass is 226 g/mol. The van der Waals surface area contributed by atoms with E-state index < -0.39 is 0 Å². The number of H-pyrrole nitrogens is 2. The lowest BCUT2D eigenvalue weighted by Crippen LogP contribution is -2.13.